The van der Waals surface area contributed by atoms with Crippen molar-refractivity contribution < 1.29 is 0 Å². The van der Waals surface area contributed by atoms with Crippen LogP contribution in [0.5, 0.6) is 0 Å². The van der Waals surface area contributed by atoms with E-state index >= 15 is 0 Å². The average Bonchev–Trinajstić information content (AvgIpc) is 2.62. The molecule has 0 aliphatic heterocycles. The third-order valence-electron chi connectivity index (χ3n) is 2.83. The molecule has 0 aliphatic rings. The first-order valence-electron chi connectivity index (χ1n) is 5.27. The average molecular weight is 331 g/mol. The number of hydrogen-bond donors (Lipinski definition) is 1. The van der Waals surface area contributed by atoms with E-state index in [1.807, 2.05) is 19.1 Å². The van der Waals surface area contributed by atoms with Gasteiger partial charge in [0.05, 0.1) is 10.4 Å². The van der Waals surface area contributed by atoms with Crippen LogP contribution in [0.4, 0.5) is 0 Å². The highest BCUT2D eigenvalue weighted by molar-refractivity contribution is 9.10. The lowest BCUT2D eigenvalue weighted by Crippen LogP contribution is -2.11. The number of benzene rings is 1. The van der Waals surface area contributed by atoms with Gasteiger partial charge in [-0.3, -0.25) is 0 Å². The first-order chi connectivity index (χ1) is 8.00. The quantitative estimate of drug-likeness (QED) is 0.838. The van der Waals surface area contributed by atoms with E-state index in [-0.39, 0.29) is 6.04 Å². The fourth-order valence-corrected chi connectivity index (χ4v) is 3.37. The molecule has 0 bridgehead atoms. The van der Waals surface area contributed by atoms with E-state index in [2.05, 4.69) is 35.0 Å². The molecule has 1 aromatic carbocycles. The summed E-state index contributed by atoms with van der Waals surface area (Å²) in [7, 11) is 0. The van der Waals surface area contributed by atoms with Crippen LogP contribution in [0.2, 0.25) is 4.34 Å². The number of thiophene rings is 1. The van der Waals surface area contributed by atoms with Crippen molar-refractivity contribution in [2.45, 2.75) is 19.9 Å². The molecule has 2 N–H and O–H groups in total. The second-order valence-corrected chi connectivity index (χ2v) is 6.58. The zero-order chi connectivity index (χ0) is 12.6. The standard InChI is InChI=1S/C13H13BrClNS/c1-7-6-11(17-13(7)15)12(16)9-4-3-5-10(14)8(9)2/h3-6,12H,16H2,1-2H3. The number of rotatable bonds is 2. The van der Waals surface area contributed by atoms with Gasteiger partial charge in [0.25, 0.3) is 0 Å². The van der Waals surface area contributed by atoms with Gasteiger partial charge >= 0.3 is 0 Å². The van der Waals surface area contributed by atoms with Crippen LogP contribution in [0.25, 0.3) is 0 Å². The highest BCUT2D eigenvalue weighted by Gasteiger charge is 2.16. The van der Waals surface area contributed by atoms with Gasteiger partial charge in [0, 0.05) is 9.35 Å². The molecule has 0 saturated carbocycles. The third-order valence-corrected chi connectivity index (χ3v) is 5.32. The van der Waals surface area contributed by atoms with Gasteiger partial charge < -0.3 is 5.73 Å². The molecule has 0 saturated heterocycles. The summed E-state index contributed by atoms with van der Waals surface area (Å²) in [6.45, 7) is 4.07. The van der Waals surface area contributed by atoms with E-state index in [0.29, 0.717) is 0 Å². The van der Waals surface area contributed by atoms with Gasteiger partial charge in [-0.05, 0) is 42.7 Å². The maximum atomic E-state index is 6.30. The van der Waals surface area contributed by atoms with Crippen LogP contribution in [0.1, 0.15) is 27.6 Å². The third kappa shape index (κ3) is 2.58. The molecule has 2 aromatic rings. The summed E-state index contributed by atoms with van der Waals surface area (Å²) in [5, 5.41) is 0. The van der Waals surface area contributed by atoms with Crippen molar-refractivity contribution in [3.05, 3.63) is 54.6 Å². The SMILES string of the molecule is Cc1cc(C(N)c2cccc(Br)c2C)sc1Cl. The second kappa shape index (κ2) is 5.11. The van der Waals surface area contributed by atoms with Crippen molar-refractivity contribution in [3.8, 4) is 0 Å². The Hall–Kier alpha value is -0.350. The van der Waals surface area contributed by atoms with Crippen molar-refractivity contribution in [3.63, 3.8) is 0 Å². The molecule has 0 fully saturated rings. The van der Waals surface area contributed by atoms with Crippen molar-refractivity contribution >= 4 is 38.9 Å². The van der Waals surface area contributed by atoms with Gasteiger partial charge in [-0.1, -0.05) is 39.7 Å². The highest BCUT2D eigenvalue weighted by Crippen LogP contribution is 2.34. The Balaban J connectivity index is 2.43. The predicted molar refractivity (Wildman–Crippen MR) is 79.0 cm³/mol. The minimum Gasteiger partial charge on any atom is -0.320 e. The lowest BCUT2D eigenvalue weighted by molar-refractivity contribution is 0.880. The molecule has 1 nitrogen and oxygen atoms in total. The minimum atomic E-state index is -0.108. The van der Waals surface area contributed by atoms with Gasteiger partial charge in [-0.15, -0.1) is 11.3 Å². The minimum absolute atomic E-state index is 0.108. The zero-order valence-electron chi connectivity index (χ0n) is 9.63. The summed E-state index contributed by atoms with van der Waals surface area (Å²) in [5.41, 5.74) is 9.71. The topological polar surface area (TPSA) is 26.0 Å². The Kier molecular flexibility index (Phi) is 3.93. The predicted octanol–water partition coefficient (Wildman–Crippen LogP) is 4.83. The molecule has 1 aromatic heterocycles. The molecule has 0 aliphatic carbocycles. The number of hydrogen-bond acceptors (Lipinski definition) is 2. The van der Waals surface area contributed by atoms with E-state index in [9.17, 15) is 0 Å². The number of nitrogens with two attached hydrogens (primary N) is 1. The Morgan fingerprint density at radius 1 is 1.35 bits per heavy atom. The van der Waals surface area contributed by atoms with Gasteiger partial charge in [0.1, 0.15) is 0 Å². The molecular formula is C13H13BrClNS. The lowest BCUT2D eigenvalue weighted by Gasteiger charge is -2.14. The van der Waals surface area contributed by atoms with Gasteiger partial charge in [0.15, 0.2) is 0 Å². The van der Waals surface area contributed by atoms with E-state index in [4.69, 9.17) is 17.3 Å². The molecular weight excluding hydrogens is 318 g/mol. The highest BCUT2D eigenvalue weighted by atomic mass is 79.9. The molecule has 2 rings (SSSR count). The van der Waals surface area contributed by atoms with E-state index in [1.165, 1.54) is 5.56 Å². The van der Waals surface area contributed by atoms with Crippen molar-refractivity contribution in [1.82, 2.24) is 0 Å². The van der Waals surface area contributed by atoms with E-state index in [1.54, 1.807) is 11.3 Å². The van der Waals surface area contributed by atoms with Crippen LogP contribution >= 0.6 is 38.9 Å². The smallest absolute Gasteiger partial charge is 0.0961 e. The summed E-state index contributed by atoms with van der Waals surface area (Å²) in [4.78, 5) is 1.11. The first-order valence-corrected chi connectivity index (χ1v) is 7.26. The largest absolute Gasteiger partial charge is 0.320 e. The maximum absolute atomic E-state index is 6.30. The molecule has 0 amide bonds. The molecule has 1 heterocycles. The van der Waals surface area contributed by atoms with Gasteiger partial charge in [-0.25, -0.2) is 0 Å². The van der Waals surface area contributed by atoms with Crippen molar-refractivity contribution in [2.24, 2.45) is 5.73 Å². The monoisotopic (exact) mass is 329 g/mol. The maximum Gasteiger partial charge on any atom is 0.0961 e. The summed E-state index contributed by atoms with van der Waals surface area (Å²) in [5.74, 6) is 0. The van der Waals surface area contributed by atoms with Crippen LogP contribution in [-0.2, 0) is 0 Å². The first kappa shape index (κ1) is 13.1. The molecule has 90 valence electrons. The Morgan fingerprint density at radius 2 is 2.06 bits per heavy atom. The van der Waals surface area contributed by atoms with Crippen molar-refractivity contribution in [2.75, 3.05) is 0 Å². The molecule has 17 heavy (non-hydrogen) atoms. The fraction of sp³-hybridized carbons (Fsp3) is 0.231. The van der Waals surface area contributed by atoms with Crippen LogP contribution in [0.15, 0.2) is 28.7 Å². The summed E-state index contributed by atoms with van der Waals surface area (Å²) in [6.07, 6.45) is 0. The summed E-state index contributed by atoms with van der Waals surface area (Å²) >= 11 is 11.2. The van der Waals surface area contributed by atoms with Crippen molar-refractivity contribution in [1.29, 1.82) is 0 Å². The summed E-state index contributed by atoms with van der Waals surface area (Å²) in [6, 6.07) is 8.06. The number of aryl methyl sites for hydroxylation is 1. The normalized spacial score (nSPS) is 12.8. The van der Waals surface area contributed by atoms with E-state index < -0.39 is 0 Å². The Morgan fingerprint density at radius 3 is 2.65 bits per heavy atom. The molecule has 0 radical (unpaired) electrons. The van der Waals surface area contributed by atoms with Crippen LogP contribution < -0.4 is 5.73 Å². The molecule has 1 atom stereocenters. The number of halogens is 2. The Labute approximate surface area is 119 Å². The van der Waals surface area contributed by atoms with E-state index in [0.717, 1.165) is 24.8 Å². The van der Waals surface area contributed by atoms with Crippen LogP contribution in [0.3, 0.4) is 0 Å². The zero-order valence-corrected chi connectivity index (χ0v) is 12.8. The van der Waals surface area contributed by atoms with Crippen LogP contribution in [0, 0.1) is 13.8 Å². The molecule has 4 heteroatoms. The van der Waals surface area contributed by atoms with Gasteiger partial charge in [0.2, 0.25) is 0 Å². The van der Waals surface area contributed by atoms with Gasteiger partial charge in [-0.2, -0.15) is 0 Å². The molecule has 0 spiro atoms. The van der Waals surface area contributed by atoms with Crippen LogP contribution in [-0.4, -0.2) is 0 Å². The lowest BCUT2D eigenvalue weighted by atomic mass is 10.0. The Bertz CT molecular complexity index is 531. The molecule has 1 unspecified atom stereocenters. The summed E-state index contributed by atoms with van der Waals surface area (Å²) < 4.78 is 1.91. The second-order valence-electron chi connectivity index (χ2n) is 4.04. The fourth-order valence-electron chi connectivity index (χ4n) is 1.75.